The second-order valence-electron chi connectivity index (χ2n) is 14.7. The molecule has 0 amide bonds. The maximum absolute atomic E-state index is 13.2. The smallest absolute Gasteiger partial charge is 0.343 e. The molecule has 0 heterocycles. The second-order valence-corrected chi connectivity index (χ2v) is 14.7. The molecule has 0 aliphatic heterocycles. The summed E-state index contributed by atoms with van der Waals surface area (Å²) in [4.78, 5) is 59.2. The number of rotatable bonds is 33. The average molecular weight is 921 g/mol. The molecule has 15 nitrogen and oxygen atoms in total. The van der Waals surface area contributed by atoms with Crippen LogP contribution in [0.25, 0.3) is 0 Å². The normalized spacial score (nSPS) is 10.9. The monoisotopic (exact) mass is 920 g/mol. The van der Waals surface area contributed by atoms with Gasteiger partial charge >= 0.3 is 23.9 Å². The zero-order chi connectivity index (χ0) is 47.7. The summed E-state index contributed by atoms with van der Waals surface area (Å²) in [5.74, 6) is -0.0501. The van der Waals surface area contributed by atoms with Crippen molar-refractivity contribution >= 4 is 36.3 Å². The number of hydrogen-bond donors (Lipinski definition) is 0. The van der Waals surface area contributed by atoms with E-state index in [1.54, 1.807) is 66.7 Å². The summed E-state index contributed by atoms with van der Waals surface area (Å²) in [6, 6.07) is 25.8. The number of carbonyl (C=O) groups is 4. The molecular weight excluding hydrogens is 861 g/mol. The molecule has 0 aliphatic carbocycles. The third-order valence-electron chi connectivity index (χ3n) is 9.43. The Morgan fingerprint density at radius 2 is 1.07 bits per heavy atom. The number of benzene rings is 4. The lowest BCUT2D eigenvalue weighted by atomic mass is 10.1. The standard InChI is InChI=1S/C52H60N2O13/c1-4-29-59-34-35-64-52(58)47-36-42(19-28-48(47)67-65-39-41-17-22-44(23-18-41)60-30-11-7-9-13-32-62-49(55)5-2)38-54-53-37-40-15-24-46(25-16-40)66-51(57)43-20-26-45(27-21-43)61-31-12-8-10-14-33-63-50(56)6-3/h5-6,15-28,36-38H,2-4,7-14,29-35,39H2,1H3. The van der Waals surface area contributed by atoms with Gasteiger partial charge in [0.1, 0.15) is 36.0 Å². The van der Waals surface area contributed by atoms with E-state index >= 15 is 0 Å². The van der Waals surface area contributed by atoms with Gasteiger partial charge in [-0.3, -0.25) is 0 Å². The fraction of sp³-hybridized carbons (Fsp3) is 0.346. The van der Waals surface area contributed by atoms with Gasteiger partial charge in [0.05, 0.1) is 51.0 Å². The summed E-state index contributed by atoms with van der Waals surface area (Å²) in [7, 11) is 0. The molecule has 356 valence electrons. The summed E-state index contributed by atoms with van der Waals surface area (Å²) in [5, 5.41) is 8.27. The van der Waals surface area contributed by atoms with Crippen molar-refractivity contribution in [1.29, 1.82) is 0 Å². The molecule has 4 aromatic rings. The first-order chi connectivity index (χ1) is 32.8. The molecule has 15 heteroatoms. The lowest BCUT2D eigenvalue weighted by Crippen LogP contribution is -2.13. The molecule has 4 aromatic carbocycles. The molecule has 0 bridgehead atoms. The molecule has 0 saturated carbocycles. The van der Waals surface area contributed by atoms with Crippen molar-refractivity contribution < 1.29 is 62.1 Å². The minimum absolute atomic E-state index is 0.0623. The summed E-state index contributed by atoms with van der Waals surface area (Å²) < 4.78 is 38.0. The molecule has 0 N–H and O–H groups in total. The minimum Gasteiger partial charge on any atom is -0.494 e. The number of carbonyl (C=O) groups excluding carboxylic acids is 4. The van der Waals surface area contributed by atoms with Gasteiger partial charge in [0.2, 0.25) is 0 Å². The van der Waals surface area contributed by atoms with Crippen LogP contribution in [0.15, 0.2) is 127 Å². The molecular formula is C52H60N2O13. The van der Waals surface area contributed by atoms with E-state index in [1.165, 1.54) is 12.4 Å². The van der Waals surface area contributed by atoms with E-state index < -0.39 is 23.9 Å². The lowest BCUT2D eigenvalue weighted by molar-refractivity contribution is -0.217. The van der Waals surface area contributed by atoms with Crippen LogP contribution in [0.5, 0.6) is 23.0 Å². The van der Waals surface area contributed by atoms with Crippen LogP contribution in [0.1, 0.15) is 102 Å². The predicted octanol–water partition coefficient (Wildman–Crippen LogP) is 9.79. The molecule has 0 spiro atoms. The van der Waals surface area contributed by atoms with Crippen LogP contribution in [-0.2, 0) is 40.0 Å². The van der Waals surface area contributed by atoms with Crippen molar-refractivity contribution in [3.05, 3.63) is 144 Å². The first-order valence-corrected chi connectivity index (χ1v) is 22.4. The summed E-state index contributed by atoms with van der Waals surface area (Å²) >= 11 is 0. The van der Waals surface area contributed by atoms with E-state index in [1.807, 2.05) is 31.2 Å². The first-order valence-electron chi connectivity index (χ1n) is 22.4. The van der Waals surface area contributed by atoms with E-state index in [0.717, 1.165) is 81.3 Å². The topological polar surface area (TPSA) is 176 Å². The van der Waals surface area contributed by atoms with Crippen molar-refractivity contribution in [3.8, 4) is 23.0 Å². The Hall–Kier alpha value is -7.10. The first kappa shape index (κ1) is 52.5. The molecule has 0 unspecified atom stereocenters. The van der Waals surface area contributed by atoms with Crippen LogP contribution >= 0.6 is 0 Å². The van der Waals surface area contributed by atoms with Crippen LogP contribution in [0, 0.1) is 0 Å². The Morgan fingerprint density at radius 1 is 0.537 bits per heavy atom. The van der Waals surface area contributed by atoms with Crippen LogP contribution in [0.3, 0.4) is 0 Å². The maximum Gasteiger partial charge on any atom is 0.343 e. The molecule has 0 fully saturated rings. The Balaban J connectivity index is 1.22. The number of nitrogens with zero attached hydrogens (tertiary/aromatic N) is 2. The van der Waals surface area contributed by atoms with Gasteiger partial charge in [-0.05, 0) is 153 Å². The zero-order valence-electron chi connectivity index (χ0n) is 38.1. The SMILES string of the molecule is C=CC(=O)OCCCCCCOc1ccc(COOc2ccc(C=NN=Cc3ccc(OC(=O)c4ccc(OCCCCCCOC(=O)C=C)cc4)cc3)cc2C(=O)OCCOCCC)cc1. The third-order valence-corrected chi connectivity index (χ3v) is 9.43. The lowest BCUT2D eigenvalue weighted by Gasteiger charge is -2.12. The van der Waals surface area contributed by atoms with E-state index in [9.17, 15) is 19.2 Å². The Morgan fingerprint density at radius 3 is 1.66 bits per heavy atom. The maximum atomic E-state index is 13.2. The predicted molar refractivity (Wildman–Crippen MR) is 253 cm³/mol. The second kappa shape index (κ2) is 31.7. The quantitative estimate of drug-likeness (QED) is 0.00646. The van der Waals surface area contributed by atoms with Gasteiger partial charge < -0.3 is 38.0 Å². The van der Waals surface area contributed by atoms with Crippen LogP contribution < -0.4 is 19.1 Å². The third kappa shape index (κ3) is 21.6. The van der Waals surface area contributed by atoms with E-state index in [4.69, 9.17) is 42.9 Å². The van der Waals surface area contributed by atoms with E-state index in [2.05, 4.69) is 23.4 Å². The van der Waals surface area contributed by atoms with Crippen molar-refractivity contribution in [2.45, 2.75) is 71.3 Å². The highest BCUT2D eigenvalue weighted by Crippen LogP contribution is 2.23. The molecule has 0 aliphatic rings. The van der Waals surface area contributed by atoms with Crippen molar-refractivity contribution in [2.75, 3.05) is 46.2 Å². The Bertz CT molecular complexity index is 2190. The molecule has 0 radical (unpaired) electrons. The number of esters is 4. The van der Waals surface area contributed by atoms with E-state index in [0.29, 0.717) is 61.2 Å². The fourth-order valence-corrected chi connectivity index (χ4v) is 5.85. The van der Waals surface area contributed by atoms with Gasteiger partial charge in [0.25, 0.3) is 0 Å². The highest BCUT2D eigenvalue weighted by molar-refractivity contribution is 5.95. The van der Waals surface area contributed by atoms with E-state index in [-0.39, 0.29) is 31.1 Å². The highest BCUT2D eigenvalue weighted by atomic mass is 17.2. The summed E-state index contributed by atoms with van der Waals surface area (Å²) in [6.07, 6.45) is 13.2. The zero-order valence-corrected chi connectivity index (χ0v) is 38.1. The molecule has 0 atom stereocenters. The Labute approximate surface area is 392 Å². The summed E-state index contributed by atoms with van der Waals surface area (Å²) in [6.45, 7) is 11.6. The van der Waals surface area contributed by atoms with Crippen molar-refractivity contribution in [3.63, 3.8) is 0 Å². The number of unbranched alkanes of at least 4 members (excludes halogenated alkanes) is 6. The van der Waals surface area contributed by atoms with Gasteiger partial charge in [-0.2, -0.15) is 15.1 Å². The number of ether oxygens (including phenoxy) is 7. The molecule has 0 saturated heterocycles. The van der Waals surface area contributed by atoms with Gasteiger partial charge in [0, 0.05) is 18.8 Å². The van der Waals surface area contributed by atoms with Crippen molar-refractivity contribution in [2.24, 2.45) is 10.2 Å². The highest BCUT2D eigenvalue weighted by Gasteiger charge is 2.17. The van der Waals surface area contributed by atoms with Gasteiger partial charge in [0.15, 0.2) is 5.75 Å². The Kier molecular flexibility index (Phi) is 24.9. The van der Waals surface area contributed by atoms with Crippen LogP contribution in [0.2, 0.25) is 0 Å². The van der Waals surface area contributed by atoms with Gasteiger partial charge in [-0.25, -0.2) is 19.2 Å². The minimum atomic E-state index is -0.622. The molecule has 0 aromatic heterocycles. The van der Waals surface area contributed by atoms with Crippen LogP contribution in [0.4, 0.5) is 0 Å². The average Bonchev–Trinajstić information content (AvgIpc) is 3.35. The van der Waals surface area contributed by atoms with Crippen LogP contribution in [-0.4, -0.2) is 82.6 Å². The number of hydrogen-bond acceptors (Lipinski definition) is 15. The van der Waals surface area contributed by atoms with Crippen molar-refractivity contribution in [1.82, 2.24) is 0 Å². The van der Waals surface area contributed by atoms with Gasteiger partial charge in [-0.15, -0.1) is 0 Å². The largest absolute Gasteiger partial charge is 0.494 e. The molecule has 67 heavy (non-hydrogen) atoms. The van der Waals surface area contributed by atoms with Gasteiger partial charge in [-0.1, -0.05) is 32.2 Å². The molecule has 4 rings (SSSR count). The fourth-order valence-electron chi connectivity index (χ4n) is 5.85. The summed E-state index contributed by atoms with van der Waals surface area (Å²) in [5.41, 5.74) is 2.60.